The minimum absolute atomic E-state index is 0.0583. The van der Waals surface area contributed by atoms with E-state index in [9.17, 15) is 18.0 Å². The van der Waals surface area contributed by atoms with Gasteiger partial charge in [0, 0.05) is 23.4 Å². The summed E-state index contributed by atoms with van der Waals surface area (Å²) in [5.74, 6) is 0.0495. The number of halogens is 3. The molecule has 0 aliphatic heterocycles. The Morgan fingerprint density at radius 1 is 0.900 bits per heavy atom. The van der Waals surface area contributed by atoms with Gasteiger partial charge in [0.2, 0.25) is 0 Å². The van der Waals surface area contributed by atoms with E-state index in [2.05, 4.69) is 15.4 Å². The summed E-state index contributed by atoms with van der Waals surface area (Å²) >= 11 is 0. The minimum Gasteiger partial charge on any atom is -0.460 e. The van der Waals surface area contributed by atoms with Crippen LogP contribution in [0.2, 0.25) is 0 Å². The molecule has 10 heteroatoms. The number of amides is 1. The molecule has 0 fully saturated rings. The second kappa shape index (κ2) is 11.6. The van der Waals surface area contributed by atoms with Gasteiger partial charge < -0.3 is 14.8 Å². The van der Waals surface area contributed by atoms with E-state index in [-0.39, 0.29) is 18.5 Å². The maximum Gasteiger partial charge on any atom is 0.416 e. The van der Waals surface area contributed by atoms with E-state index in [0.717, 1.165) is 22.9 Å². The van der Waals surface area contributed by atoms with Gasteiger partial charge in [0.25, 0.3) is 5.91 Å². The standard InChI is InChI=1S/C30H25F3N4O3/c1-2-39-18-19-40-29-35-27(21-10-12-22(13-11-21)30(31,32)33)37(36-29)24-16-14-23(15-17-24)34-28(38)26-9-5-7-20-6-3-4-8-25(20)26/h3-17H,2,18-19H2,1H3,(H,34,38). The zero-order valence-electron chi connectivity index (χ0n) is 21.5. The van der Waals surface area contributed by atoms with Crippen molar-refractivity contribution in [3.8, 4) is 23.1 Å². The fourth-order valence-electron chi connectivity index (χ4n) is 4.17. The first-order chi connectivity index (χ1) is 19.3. The quantitative estimate of drug-likeness (QED) is 0.206. The highest BCUT2D eigenvalue weighted by Gasteiger charge is 2.30. The second-order valence-corrected chi connectivity index (χ2v) is 8.78. The molecule has 40 heavy (non-hydrogen) atoms. The third-order valence-corrected chi connectivity index (χ3v) is 6.13. The van der Waals surface area contributed by atoms with Crippen LogP contribution in [0, 0.1) is 0 Å². The largest absolute Gasteiger partial charge is 0.460 e. The molecule has 1 aromatic heterocycles. The number of alkyl halides is 3. The van der Waals surface area contributed by atoms with Crippen LogP contribution >= 0.6 is 0 Å². The summed E-state index contributed by atoms with van der Waals surface area (Å²) in [7, 11) is 0. The lowest BCUT2D eigenvalue weighted by Crippen LogP contribution is -2.12. The Balaban J connectivity index is 1.41. The lowest BCUT2D eigenvalue weighted by Gasteiger charge is -2.10. The SMILES string of the molecule is CCOCCOc1nc(-c2ccc(C(F)(F)F)cc2)n(-c2ccc(NC(=O)c3cccc4ccccc34)cc2)n1. The molecule has 0 aliphatic rings. The molecule has 0 unspecified atom stereocenters. The summed E-state index contributed by atoms with van der Waals surface area (Å²) in [4.78, 5) is 17.4. The maximum atomic E-state index is 13.1. The smallest absolute Gasteiger partial charge is 0.416 e. The van der Waals surface area contributed by atoms with Crippen LogP contribution in [0.25, 0.3) is 27.8 Å². The molecule has 7 nitrogen and oxygen atoms in total. The molecule has 5 rings (SSSR count). The molecule has 0 saturated heterocycles. The van der Waals surface area contributed by atoms with Gasteiger partial charge in [-0.1, -0.05) is 48.5 Å². The first kappa shape index (κ1) is 26.9. The van der Waals surface area contributed by atoms with Crippen molar-refractivity contribution in [2.24, 2.45) is 0 Å². The van der Waals surface area contributed by atoms with Crippen molar-refractivity contribution in [1.29, 1.82) is 0 Å². The fraction of sp³-hybridized carbons (Fsp3) is 0.167. The van der Waals surface area contributed by atoms with Crippen molar-refractivity contribution in [3.05, 3.63) is 102 Å². The van der Waals surface area contributed by atoms with E-state index >= 15 is 0 Å². The Morgan fingerprint density at radius 2 is 1.62 bits per heavy atom. The molecular formula is C30H25F3N4O3. The molecule has 1 amide bonds. The van der Waals surface area contributed by atoms with Crippen molar-refractivity contribution in [2.75, 3.05) is 25.1 Å². The molecule has 0 saturated carbocycles. The number of nitrogens with one attached hydrogen (secondary N) is 1. The third kappa shape index (κ3) is 5.97. The van der Waals surface area contributed by atoms with Crippen LogP contribution in [-0.4, -0.2) is 40.5 Å². The summed E-state index contributed by atoms with van der Waals surface area (Å²) in [6, 6.07) is 24.8. The molecule has 0 bridgehead atoms. The van der Waals surface area contributed by atoms with E-state index in [1.165, 1.54) is 16.8 Å². The van der Waals surface area contributed by atoms with Crippen molar-refractivity contribution < 1.29 is 27.4 Å². The summed E-state index contributed by atoms with van der Waals surface area (Å²) in [6.45, 7) is 2.95. The molecule has 1 heterocycles. The number of aromatic nitrogens is 3. The average molecular weight is 547 g/mol. The summed E-state index contributed by atoms with van der Waals surface area (Å²) in [5, 5.41) is 9.14. The van der Waals surface area contributed by atoms with Crippen LogP contribution in [0.15, 0.2) is 91.0 Å². The van der Waals surface area contributed by atoms with Crippen LogP contribution in [0.4, 0.5) is 18.9 Å². The number of rotatable bonds is 9. The zero-order chi connectivity index (χ0) is 28.1. The molecule has 204 valence electrons. The molecule has 5 aromatic rings. The summed E-state index contributed by atoms with van der Waals surface area (Å²) in [5.41, 5.74) is 1.35. The van der Waals surface area contributed by atoms with Crippen LogP contribution < -0.4 is 10.1 Å². The summed E-state index contributed by atoms with van der Waals surface area (Å²) in [6.07, 6.45) is -4.45. The second-order valence-electron chi connectivity index (χ2n) is 8.78. The number of nitrogens with zero attached hydrogens (tertiary/aromatic N) is 3. The van der Waals surface area contributed by atoms with Crippen molar-refractivity contribution >= 4 is 22.4 Å². The number of hydrogen-bond donors (Lipinski definition) is 1. The molecule has 4 aromatic carbocycles. The molecular weight excluding hydrogens is 521 g/mol. The maximum absolute atomic E-state index is 13.1. The number of carbonyl (C=O) groups is 1. The first-order valence-corrected chi connectivity index (χ1v) is 12.6. The highest BCUT2D eigenvalue weighted by molar-refractivity contribution is 6.12. The average Bonchev–Trinajstić information content (AvgIpc) is 3.39. The van der Waals surface area contributed by atoms with E-state index in [1.807, 2.05) is 43.3 Å². The Morgan fingerprint density at radius 3 is 2.35 bits per heavy atom. The topological polar surface area (TPSA) is 78.3 Å². The van der Waals surface area contributed by atoms with Crippen molar-refractivity contribution in [1.82, 2.24) is 14.8 Å². The van der Waals surface area contributed by atoms with Crippen molar-refractivity contribution in [3.63, 3.8) is 0 Å². The first-order valence-electron chi connectivity index (χ1n) is 12.6. The normalized spacial score (nSPS) is 11.5. The van der Waals surface area contributed by atoms with Crippen LogP contribution in [-0.2, 0) is 10.9 Å². The van der Waals surface area contributed by atoms with Gasteiger partial charge in [-0.2, -0.15) is 18.2 Å². The van der Waals surface area contributed by atoms with E-state index in [4.69, 9.17) is 9.47 Å². The number of hydrogen-bond acceptors (Lipinski definition) is 5. The van der Waals surface area contributed by atoms with Crippen LogP contribution in [0.1, 0.15) is 22.8 Å². The molecule has 0 aliphatic carbocycles. The van der Waals surface area contributed by atoms with Gasteiger partial charge in [-0.05, 0) is 60.2 Å². The summed E-state index contributed by atoms with van der Waals surface area (Å²) < 4.78 is 51.6. The predicted molar refractivity (Wildman–Crippen MR) is 146 cm³/mol. The van der Waals surface area contributed by atoms with E-state index in [1.54, 1.807) is 30.3 Å². The molecule has 0 spiro atoms. The van der Waals surface area contributed by atoms with Gasteiger partial charge in [-0.3, -0.25) is 4.79 Å². The van der Waals surface area contributed by atoms with E-state index in [0.29, 0.717) is 41.5 Å². The van der Waals surface area contributed by atoms with Gasteiger partial charge in [0.1, 0.15) is 6.61 Å². The number of anilines is 1. The highest BCUT2D eigenvalue weighted by Crippen LogP contribution is 2.32. The monoisotopic (exact) mass is 546 g/mol. The fourth-order valence-corrected chi connectivity index (χ4v) is 4.17. The molecule has 0 radical (unpaired) electrons. The van der Waals surface area contributed by atoms with Gasteiger partial charge in [0.15, 0.2) is 5.82 Å². The predicted octanol–water partition coefficient (Wildman–Crippen LogP) is 6.77. The molecule has 0 atom stereocenters. The Bertz CT molecular complexity index is 1610. The zero-order valence-corrected chi connectivity index (χ0v) is 21.5. The number of fused-ring (bicyclic) bond motifs is 1. The van der Waals surface area contributed by atoms with Crippen LogP contribution in [0.5, 0.6) is 6.01 Å². The highest BCUT2D eigenvalue weighted by atomic mass is 19.4. The Hall–Kier alpha value is -4.70. The van der Waals surface area contributed by atoms with Gasteiger partial charge >= 0.3 is 12.2 Å². The third-order valence-electron chi connectivity index (χ3n) is 6.13. The molecule has 1 N–H and O–H groups in total. The van der Waals surface area contributed by atoms with Crippen molar-refractivity contribution in [2.45, 2.75) is 13.1 Å². The Kier molecular flexibility index (Phi) is 7.79. The lowest BCUT2D eigenvalue weighted by atomic mass is 10.0. The van der Waals surface area contributed by atoms with Gasteiger partial charge in [0.05, 0.1) is 17.9 Å². The Labute approximate surface area is 228 Å². The van der Waals surface area contributed by atoms with E-state index < -0.39 is 11.7 Å². The number of carbonyl (C=O) groups excluding carboxylic acids is 1. The number of benzene rings is 4. The van der Waals surface area contributed by atoms with Crippen LogP contribution in [0.3, 0.4) is 0 Å². The lowest BCUT2D eigenvalue weighted by molar-refractivity contribution is -0.137. The van der Waals surface area contributed by atoms with Gasteiger partial charge in [-0.25, -0.2) is 4.68 Å². The van der Waals surface area contributed by atoms with Gasteiger partial charge in [-0.15, -0.1) is 5.10 Å². The minimum atomic E-state index is -4.45. The number of ether oxygens (including phenoxy) is 2.